The topological polar surface area (TPSA) is 114 Å². The van der Waals surface area contributed by atoms with Crippen LogP contribution in [0.1, 0.15) is 63.9 Å². The fourth-order valence-corrected chi connectivity index (χ4v) is 5.94. The molecule has 208 valence electrons. The quantitative estimate of drug-likeness (QED) is 0.584. The van der Waals surface area contributed by atoms with E-state index in [4.69, 9.17) is 19.6 Å². The summed E-state index contributed by atoms with van der Waals surface area (Å²) in [4.78, 5) is 13.9. The van der Waals surface area contributed by atoms with Gasteiger partial charge < -0.3 is 14.4 Å². The van der Waals surface area contributed by atoms with Gasteiger partial charge in [-0.05, 0) is 49.3 Å². The number of carbonyl (C=O) groups is 1. The number of fused-ring (bicyclic) bond motifs is 1. The van der Waals surface area contributed by atoms with Crippen molar-refractivity contribution in [1.82, 2.24) is 18.6 Å². The number of benzene rings is 1. The Kier molecular flexibility index (Phi) is 8.93. The second kappa shape index (κ2) is 11.3. The Morgan fingerprint density at radius 1 is 1.19 bits per heavy atom. The summed E-state index contributed by atoms with van der Waals surface area (Å²) in [5.41, 5.74) is 3.04. The van der Waals surface area contributed by atoms with E-state index in [1.807, 2.05) is 0 Å². The number of aromatic nitrogens is 2. The summed E-state index contributed by atoms with van der Waals surface area (Å²) < 4.78 is 68.6. The van der Waals surface area contributed by atoms with Gasteiger partial charge in [-0.15, -0.1) is 0 Å². The number of alkyl halides is 3. The first kappa shape index (κ1) is 29.3. The first-order valence-electron chi connectivity index (χ1n) is 12.2. The predicted molar refractivity (Wildman–Crippen MR) is 132 cm³/mol. The smallest absolute Gasteiger partial charge is 0.475 e. The van der Waals surface area contributed by atoms with Gasteiger partial charge >= 0.3 is 12.1 Å². The van der Waals surface area contributed by atoms with Gasteiger partial charge in [0.05, 0.1) is 17.1 Å². The molecule has 4 rings (SSSR count). The highest BCUT2D eigenvalue weighted by molar-refractivity contribution is 7.87. The number of carboxylic acid groups (broad SMARTS) is 1. The molecule has 1 aromatic heterocycles. The van der Waals surface area contributed by atoms with Gasteiger partial charge in [0.15, 0.2) is 0 Å². The van der Waals surface area contributed by atoms with Crippen molar-refractivity contribution in [2.24, 2.45) is 5.92 Å². The van der Waals surface area contributed by atoms with Crippen molar-refractivity contribution in [3.05, 3.63) is 29.6 Å². The molecule has 9 nitrogen and oxygen atoms in total. The van der Waals surface area contributed by atoms with Crippen LogP contribution in [0, 0.1) is 5.92 Å². The van der Waals surface area contributed by atoms with E-state index in [0.717, 1.165) is 67.9 Å². The van der Waals surface area contributed by atoms with Crippen LogP contribution < -0.4 is 4.72 Å². The van der Waals surface area contributed by atoms with Gasteiger partial charge in [0.2, 0.25) is 0 Å². The third kappa shape index (κ3) is 7.01. The van der Waals surface area contributed by atoms with E-state index in [-0.39, 0.29) is 11.5 Å². The van der Waals surface area contributed by atoms with E-state index < -0.39 is 22.4 Å². The van der Waals surface area contributed by atoms with Crippen LogP contribution in [0.5, 0.6) is 0 Å². The Bertz CT molecular complexity index is 1200. The second-order valence-corrected chi connectivity index (χ2v) is 12.2. The summed E-state index contributed by atoms with van der Waals surface area (Å²) >= 11 is 0. The normalized spacial score (nSPS) is 20.1. The molecule has 2 aliphatic rings. The number of rotatable bonds is 5. The Morgan fingerprint density at radius 3 is 2.35 bits per heavy atom. The third-order valence-corrected chi connectivity index (χ3v) is 8.19. The van der Waals surface area contributed by atoms with Crippen LogP contribution in [0.25, 0.3) is 11.0 Å². The van der Waals surface area contributed by atoms with Crippen molar-refractivity contribution in [1.29, 1.82) is 0 Å². The summed E-state index contributed by atoms with van der Waals surface area (Å²) in [6, 6.07) is 6.18. The van der Waals surface area contributed by atoms with Crippen molar-refractivity contribution in [3.8, 4) is 0 Å². The van der Waals surface area contributed by atoms with E-state index in [1.54, 1.807) is 4.31 Å². The summed E-state index contributed by atoms with van der Waals surface area (Å²) in [7, 11) is -1.97. The number of ether oxygens (including phenoxy) is 1. The highest BCUT2D eigenvalue weighted by Crippen LogP contribution is 2.36. The van der Waals surface area contributed by atoms with Crippen molar-refractivity contribution < 1.29 is 36.2 Å². The lowest BCUT2D eigenvalue weighted by molar-refractivity contribution is -0.192. The van der Waals surface area contributed by atoms with E-state index in [1.165, 1.54) is 7.05 Å². The van der Waals surface area contributed by atoms with Gasteiger partial charge in [-0.3, -0.25) is 0 Å². The average molecular weight is 549 g/mol. The molecular formula is C24H35F3N4O5S. The zero-order chi connectivity index (χ0) is 27.6. The van der Waals surface area contributed by atoms with Crippen molar-refractivity contribution in [2.45, 2.75) is 70.6 Å². The number of hydrogen-bond acceptors (Lipinski definition) is 5. The number of imidazole rings is 1. The zero-order valence-electron chi connectivity index (χ0n) is 21.5. The molecule has 3 heterocycles. The molecule has 0 bridgehead atoms. The van der Waals surface area contributed by atoms with Gasteiger partial charge in [-0.1, -0.05) is 26.8 Å². The average Bonchev–Trinajstić information content (AvgIpc) is 3.45. The minimum absolute atomic E-state index is 0.0702. The van der Waals surface area contributed by atoms with Crippen LogP contribution in [0.4, 0.5) is 13.2 Å². The molecule has 37 heavy (non-hydrogen) atoms. The van der Waals surface area contributed by atoms with Gasteiger partial charge in [0.1, 0.15) is 5.82 Å². The maximum Gasteiger partial charge on any atom is 0.490 e. The summed E-state index contributed by atoms with van der Waals surface area (Å²) in [5, 5.41) is 7.12. The molecule has 2 aliphatic heterocycles. The minimum atomic E-state index is -5.08. The Hall–Kier alpha value is -2.22. The van der Waals surface area contributed by atoms with E-state index >= 15 is 0 Å². The largest absolute Gasteiger partial charge is 0.490 e. The molecule has 0 radical (unpaired) electrons. The maximum absolute atomic E-state index is 12.4. The number of nitrogens with one attached hydrogen (secondary N) is 1. The monoisotopic (exact) mass is 548 g/mol. The molecule has 2 fully saturated rings. The van der Waals surface area contributed by atoms with Crippen LogP contribution in [-0.2, 0) is 31.7 Å². The van der Waals surface area contributed by atoms with E-state index in [9.17, 15) is 21.6 Å². The summed E-state index contributed by atoms with van der Waals surface area (Å²) in [6.45, 7) is 9.79. The van der Waals surface area contributed by atoms with Gasteiger partial charge in [0.25, 0.3) is 10.2 Å². The first-order valence-corrected chi connectivity index (χ1v) is 13.7. The fraction of sp³-hybridized carbons (Fsp3) is 0.667. The van der Waals surface area contributed by atoms with Crippen LogP contribution >= 0.6 is 0 Å². The van der Waals surface area contributed by atoms with Gasteiger partial charge in [0, 0.05) is 38.8 Å². The van der Waals surface area contributed by atoms with Crippen LogP contribution in [0.15, 0.2) is 18.2 Å². The molecule has 2 N–H and O–H groups in total. The standard InChI is InChI=1S/C22H34N4O3S.C2HF3O2/c1-22(2,3)21-24-18-14-17(19-6-5-11-26(19)30(27,28)23-4)7-8-20(18)25(21)15-16-9-12-29-13-10-16;3-2(4,5)1(6)7/h7-8,14,16,19,23H,5-6,9-13,15H2,1-4H3;(H,6,7). The molecule has 0 saturated carbocycles. The number of nitrogens with zero attached hydrogens (tertiary/aromatic N) is 3. The fourth-order valence-electron chi connectivity index (χ4n) is 4.78. The van der Waals surface area contributed by atoms with Crippen LogP contribution in [-0.4, -0.2) is 66.3 Å². The molecule has 1 atom stereocenters. The lowest BCUT2D eigenvalue weighted by atomic mass is 9.94. The van der Waals surface area contributed by atoms with E-state index in [0.29, 0.717) is 12.5 Å². The molecule has 0 amide bonds. The predicted octanol–water partition coefficient (Wildman–Crippen LogP) is 3.99. The first-order chi connectivity index (χ1) is 17.1. The molecule has 13 heteroatoms. The van der Waals surface area contributed by atoms with Crippen molar-refractivity contribution in [2.75, 3.05) is 26.8 Å². The van der Waals surface area contributed by atoms with Crippen LogP contribution in [0.2, 0.25) is 0 Å². The molecular weight excluding hydrogens is 513 g/mol. The number of aliphatic carboxylic acids is 1. The molecule has 1 unspecified atom stereocenters. The Balaban J connectivity index is 0.000000479. The second-order valence-electron chi connectivity index (χ2n) is 10.4. The highest BCUT2D eigenvalue weighted by atomic mass is 32.2. The summed E-state index contributed by atoms with van der Waals surface area (Å²) in [6.07, 6.45) is -1.21. The lowest BCUT2D eigenvalue weighted by Crippen LogP contribution is -2.38. The van der Waals surface area contributed by atoms with Gasteiger partial charge in [-0.2, -0.15) is 25.9 Å². The van der Waals surface area contributed by atoms with Crippen molar-refractivity contribution in [3.63, 3.8) is 0 Å². The number of halogens is 3. The highest BCUT2D eigenvalue weighted by Gasteiger charge is 2.38. The third-order valence-electron chi connectivity index (χ3n) is 6.62. The zero-order valence-corrected chi connectivity index (χ0v) is 22.3. The number of hydrogen-bond donors (Lipinski definition) is 2. The molecule has 0 spiro atoms. The molecule has 1 aromatic carbocycles. The van der Waals surface area contributed by atoms with Gasteiger partial charge in [-0.25, -0.2) is 14.5 Å². The Morgan fingerprint density at radius 2 is 1.81 bits per heavy atom. The van der Waals surface area contributed by atoms with Crippen molar-refractivity contribution >= 4 is 27.2 Å². The SMILES string of the molecule is CNS(=O)(=O)N1CCCC1c1ccc2c(c1)nc(C(C)(C)C)n2CC1CCOCC1.O=C(O)C(F)(F)F. The maximum atomic E-state index is 12.4. The Labute approximate surface area is 215 Å². The molecule has 0 aliphatic carbocycles. The molecule has 2 aromatic rings. The lowest BCUT2D eigenvalue weighted by Gasteiger charge is -2.26. The minimum Gasteiger partial charge on any atom is -0.475 e. The number of carboxylic acids is 1. The van der Waals surface area contributed by atoms with Crippen LogP contribution in [0.3, 0.4) is 0 Å². The summed E-state index contributed by atoms with van der Waals surface area (Å²) in [5.74, 6) is -1.07. The molecule has 2 saturated heterocycles. The van der Waals surface area contributed by atoms with E-state index in [2.05, 4.69) is 48.3 Å².